The molecule has 0 saturated heterocycles. The second kappa shape index (κ2) is 4.00. The molecule has 0 aliphatic carbocycles. The number of hydrogen-bond acceptors (Lipinski definition) is 1. The third-order valence-corrected chi connectivity index (χ3v) is 1.89. The maximum atomic E-state index is 11.9. The van der Waals surface area contributed by atoms with Crippen molar-refractivity contribution in [3.05, 3.63) is 35.4 Å². The summed E-state index contributed by atoms with van der Waals surface area (Å²) in [4.78, 5) is 0. The summed E-state index contributed by atoms with van der Waals surface area (Å²) in [7, 11) is 0. The van der Waals surface area contributed by atoms with Gasteiger partial charge in [0.15, 0.2) is 0 Å². The van der Waals surface area contributed by atoms with Crippen molar-refractivity contribution in [3.8, 4) is 0 Å². The molecule has 0 bridgehead atoms. The SMILES string of the molecule is Cc1ccc(C(O)CC(F)(F)F)cc1. The van der Waals surface area contributed by atoms with Crippen molar-refractivity contribution in [2.45, 2.75) is 25.6 Å². The molecule has 78 valence electrons. The van der Waals surface area contributed by atoms with Crippen LogP contribution >= 0.6 is 0 Å². The Labute approximate surface area is 80.2 Å². The molecule has 1 N–H and O–H groups in total. The number of halogens is 3. The summed E-state index contributed by atoms with van der Waals surface area (Å²) in [5.41, 5.74) is 1.25. The molecule has 0 aliphatic heterocycles. The van der Waals surface area contributed by atoms with E-state index in [4.69, 9.17) is 0 Å². The van der Waals surface area contributed by atoms with Crippen LogP contribution in [0.15, 0.2) is 24.3 Å². The Morgan fingerprint density at radius 3 is 2.14 bits per heavy atom. The number of aryl methyl sites for hydroxylation is 1. The molecule has 0 amide bonds. The quantitative estimate of drug-likeness (QED) is 0.785. The van der Waals surface area contributed by atoms with Gasteiger partial charge in [0.2, 0.25) is 0 Å². The lowest BCUT2D eigenvalue weighted by atomic mass is 10.1. The topological polar surface area (TPSA) is 20.2 Å². The summed E-state index contributed by atoms with van der Waals surface area (Å²) in [5, 5.41) is 9.23. The minimum atomic E-state index is -4.33. The van der Waals surface area contributed by atoms with Crippen molar-refractivity contribution in [1.29, 1.82) is 0 Å². The van der Waals surface area contributed by atoms with Gasteiger partial charge in [0.1, 0.15) is 0 Å². The second-order valence-electron chi connectivity index (χ2n) is 3.25. The van der Waals surface area contributed by atoms with Gasteiger partial charge < -0.3 is 5.11 Å². The molecule has 1 aromatic carbocycles. The van der Waals surface area contributed by atoms with Crippen molar-refractivity contribution >= 4 is 0 Å². The molecule has 0 saturated carbocycles. The monoisotopic (exact) mass is 204 g/mol. The van der Waals surface area contributed by atoms with E-state index in [-0.39, 0.29) is 0 Å². The molecule has 1 rings (SSSR count). The molecule has 0 aromatic heterocycles. The van der Waals surface area contributed by atoms with Gasteiger partial charge >= 0.3 is 6.18 Å². The molecule has 4 heteroatoms. The Bertz CT molecular complexity index is 289. The lowest BCUT2D eigenvalue weighted by Crippen LogP contribution is -2.13. The highest BCUT2D eigenvalue weighted by Gasteiger charge is 2.31. The predicted molar refractivity (Wildman–Crippen MR) is 46.8 cm³/mol. The maximum absolute atomic E-state index is 11.9. The molecule has 1 nitrogen and oxygen atoms in total. The van der Waals surface area contributed by atoms with Crippen LogP contribution in [0.4, 0.5) is 13.2 Å². The Hall–Kier alpha value is -1.03. The van der Waals surface area contributed by atoms with Crippen molar-refractivity contribution in [1.82, 2.24) is 0 Å². The van der Waals surface area contributed by atoms with E-state index < -0.39 is 18.7 Å². The summed E-state index contributed by atoms with van der Waals surface area (Å²) in [5.74, 6) is 0. The van der Waals surface area contributed by atoms with Gasteiger partial charge in [0.25, 0.3) is 0 Å². The smallest absolute Gasteiger partial charge is 0.388 e. The zero-order valence-corrected chi connectivity index (χ0v) is 7.67. The number of hydrogen-bond donors (Lipinski definition) is 1. The highest BCUT2D eigenvalue weighted by molar-refractivity contribution is 5.23. The third kappa shape index (κ3) is 3.38. The summed E-state index contributed by atoms with van der Waals surface area (Å²) < 4.78 is 35.7. The van der Waals surface area contributed by atoms with Crippen LogP contribution in [0.5, 0.6) is 0 Å². The fourth-order valence-electron chi connectivity index (χ4n) is 1.13. The molecular weight excluding hydrogens is 193 g/mol. The summed E-state index contributed by atoms with van der Waals surface area (Å²) in [6.07, 6.45) is -6.99. The van der Waals surface area contributed by atoms with E-state index in [9.17, 15) is 18.3 Å². The maximum Gasteiger partial charge on any atom is 0.391 e. The second-order valence-corrected chi connectivity index (χ2v) is 3.25. The lowest BCUT2D eigenvalue weighted by molar-refractivity contribution is -0.154. The van der Waals surface area contributed by atoms with Crippen molar-refractivity contribution in [3.63, 3.8) is 0 Å². The molecule has 0 heterocycles. The fraction of sp³-hybridized carbons (Fsp3) is 0.400. The fourth-order valence-corrected chi connectivity index (χ4v) is 1.13. The van der Waals surface area contributed by atoms with Crippen LogP contribution in [0.1, 0.15) is 23.7 Å². The van der Waals surface area contributed by atoms with Crippen LogP contribution in [0.2, 0.25) is 0 Å². The van der Waals surface area contributed by atoms with E-state index in [2.05, 4.69) is 0 Å². The standard InChI is InChI=1S/C10H11F3O/c1-7-2-4-8(5-3-7)9(14)6-10(11,12)13/h2-5,9,14H,6H2,1H3. The van der Waals surface area contributed by atoms with E-state index in [1.807, 2.05) is 6.92 Å². The summed E-state index contributed by atoms with van der Waals surface area (Å²) in [6, 6.07) is 6.36. The van der Waals surface area contributed by atoms with Gasteiger partial charge in [-0.3, -0.25) is 0 Å². The number of benzene rings is 1. The molecule has 1 aromatic rings. The molecule has 1 atom stereocenters. The van der Waals surface area contributed by atoms with Gasteiger partial charge in [-0.2, -0.15) is 13.2 Å². The van der Waals surface area contributed by atoms with E-state index in [1.54, 1.807) is 12.1 Å². The number of aliphatic hydroxyl groups is 1. The van der Waals surface area contributed by atoms with Crippen LogP contribution in [0.3, 0.4) is 0 Å². The highest BCUT2D eigenvalue weighted by Crippen LogP contribution is 2.29. The number of aliphatic hydroxyl groups excluding tert-OH is 1. The molecule has 0 aliphatic rings. The molecule has 14 heavy (non-hydrogen) atoms. The minimum Gasteiger partial charge on any atom is -0.388 e. The molecule has 0 fully saturated rings. The van der Waals surface area contributed by atoms with Crippen LogP contribution in [-0.2, 0) is 0 Å². The van der Waals surface area contributed by atoms with Crippen LogP contribution in [-0.4, -0.2) is 11.3 Å². The minimum absolute atomic E-state index is 0.299. The first-order chi connectivity index (χ1) is 6.38. The van der Waals surface area contributed by atoms with Crippen molar-refractivity contribution in [2.24, 2.45) is 0 Å². The summed E-state index contributed by atoms with van der Waals surface area (Å²) in [6.45, 7) is 1.83. The first-order valence-corrected chi connectivity index (χ1v) is 4.20. The Kier molecular flexibility index (Phi) is 3.16. The molecule has 0 radical (unpaired) electrons. The van der Waals surface area contributed by atoms with Gasteiger partial charge in [-0.1, -0.05) is 29.8 Å². The third-order valence-electron chi connectivity index (χ3n) is 1.89. The van der Waals surface area contributed by atoms with Gasteiger partial charge in [-0.25, -0.2) is 0 Å². The first-order valence-electron chi connectivity index (χ1n) is 4.20. The number of alkyl halides is 3. The largest absolute Gasteiger partial charge is 0.391 e. The lowest BCUT2D eigenvalue weighted by Gasteiger charge is -2.13. The van der Waals surface area contributed by atoms with Crippen molar-refractivity contribution in [2.75, 3.05) is 0 Å². The first kappa shape index (κ1) is 11.0. The van der Waals surface area contributed by atoms with E-state index in [1.165, 1.54) is 12.1 Å². The molecule has 1 unspecified atom stereocenters. The highest BCUT2D eigenvalue weighted by atomic mass is 19.4. The Morgan fingerprint density at radius 1 is 1.21 bits per heavy atom. The van der Waals surface area contributed by atoms with Crippen molar-refractivity contribution < 1.29 is 18.3 Å². The van der Waals surface area contributed by atoms with Crippen LogP contribution < -0.4 is 0 Å². The Morgan fingerprint density at radius 2 is 1.71 bits per heavy atom. The number of rotatable bonds is 2. The predicted octanol–water partition coefficient (Wildman–Crippen LogP) is 2.98. The van der Waals surface area contributed by atoms with Gasteiger partial charge in [-0.15, -0.1) is 0 Å². The van der Waals surface area contributed by atoms with Crippen LogP contribution in [0.25, 0.3) is 0 Å². The van der Waals surface area contributed by atoms with Gasteiger partial charge in [0.05, 0.1) is 12.5 Å². The van der Waals surface area contributed by atoms with Gasteiger partial charge in [-0.05, 0) is 12.5 Å². The van der Waals surface area contributed by atoms with E-state index in [0.717, 1.165) is 5.56 Å². The van der Waals surface area contributed by atoms with Crippen LogP contribution in [0, 0.1) is 6.92 Å². The van der Waals surface area contributed by atoms with E-state index in [0.29, 0.717) is 5.56 Å². The normalized spacial score (nSPS) is 14.1. The molecular formula is C10H11F3O. The average Bonchev–Trinajstić information content (AvgIpc) is 2.02. The summed E-state index contributed by atoms with van der Waals surface area (Å²) >= 11 is 0. The van der Waals surface area contributed by atoms with Gasteiger partial charge in [0, 0.05) is 0 Å². The average molecular weight is 204 g/mol. The van der Waals surface area contributed by atoms with E-state index >= 15 is 0 Å². The Balaban J connectivity index is 2.70. The zero-order valence-electron chi connectivity index (χ0n) is 7.67. The molecule has 0 spiro atoms. The zero-order chi connectivity index (χ0) is 10.8.